The van der Waals surface area contributed by atoms with Crippen LogP contribution in [-0.2, 0) is 28.6 Å². The molecule has 0 aromatic heterocycles. The first-order valence-electron chi connectivity index (χ1n) is 34.0. The Morgan fingerprint density at radius 1 is 0.253 bits per heavy atom. The van der Waals surface area contributed by atoms with E-state index in [2.05, 4.69) is 179 Å². The molecule has 0 spiro atoms. The summed E-state index contributed by atoms with van der Waals surface area (Å²) >= 11 is 0. The van der Waals surface area contributed by atoms with E-state index in [0.717, 1.165) is 141 Å². The molecule has 0 fully saturated rings. The molecule has 0 saturated carbocycles. The Kier molecular flexibility index (Phi) is 65.4. The van der Waals surface area contributed by atoms with Gasteiger partial charge in [-0.15, -0.1) is 0 Å². The number of rotatable bonds is 60. The van der Waals surface area contributed by atoms with Gasteiger partial charge in [0.05, 0.1) is 0 Å². The molecule has 6 heteroatoms. The minimum absolute atomic E-state index is 0.108. The van der Waals surface area contributed by atoms with Gasteiger partial charge in [0.25, 0.3) is 0 Å². The minimum atomic E-state index is -0.818. The largest absolute Gasteiger partial charge is 0.462 e. The van der Waals surface area contributed by atoms with Crippen molar-refractivity contribution in [1.82, 2.24) is 0 Å². The average molecular weight is 1150 g/mol. The molecule has 1 atom stereocenters. The number of unbranched alkanes of at least 4 members (excludes halogenated alkanes) is 23. The number of hydrogen-bond acceptors (Lipinski definition) is 6. The van der Waals surface area contributed by atoms with E-state index in [0.29, 0.717) is 19.3 Å². The highest BCUT2D eigenvalue weighted by atomic mass is 16.6. The molecular formula is C77H124O6. The van der Waals surface area contributed by atoms with Gasteiger partial charge in [0, 0.05) is 19.3 Å². The van der Waals surface area contributed by atoms with E-state index in [-0.39, 0.29) is 37.5 Å². The van der Waals surface area contributed by atoms with Gasteiger partial charge in [-0.1, -0.05) is 281 Å². The molecular weight excluding hydrogens is 1020 g/mol. The third-order valence-corrected chi connectivity index (χ3v) is 14.0. The summed E-state index contributed by atoms with van der Waals surface area (Å²) < 4.78 is 16.9. The quantitative estimate of drug-likeness (QED) is 0.0261. The third kappa shape index (κ3) is 67.7. The predicted molar refractivity (Wildman–Crippen MR) is 362 cm³/mol. The SMILES string of the molecule is CC/C=C\C/C=C\C/C=C\C/C=C\C/C=C\C/C=C\C/C=C\CCCCCC(=O)OC(COC(=O)CCCCC/C=C\C/C=C\C/C=C\CC)COC(=O)CCCCCCCCCCCCCC/C=C\C/C=C\C/C=C\CCCCCCC. The average Bonchev–Trinajstić information content (AvgIpc) is 3.49. The minimum Gasteiger partial charge on any atom is -0.462 e. The van der Waals surface area contributed by atoms with Crippen LogP contribution < -0.4 is 0 Å². The Morgan fingerprint density at radius 3 is 0.747 bits per heavy atom. The molecule has 6 nitrogen and oxygen atoms in total. The molecule has 0 aliphatic heterocycles. The lowest BCUT2D eigenvalue weighted by Gasteiger charge is -2.18. The second-order valence-corrected chi connectivity index (χ2v) is 22.0. The fraction of sp³-hybridized carbons (Fsp3) is 0.623. The van der Waals surface area contributed by atoms with Crippen molar-refractivity contribution >= 4 is 17.9 Å². The van der Waals surface area contributed by atoms with E-state index in [4.69, 9.17) is 14.2 Å². The van der Waals surface area contributed by atoms with E-state index >= 15 is 0 Å². The summed E-state index contributed by atoms with van der Waals surface area (Å²) in [5, 5.41) is 0. The van der Waals surface area contributed by atoms with Gasteiger partial charge in [-0.25, -0.2) is 0 Å². The summed E-state index contributed by atoms with van der Waals surface area (Å²) in [6.07, 6.45) is 101. The fourth-order valence-electron chi connectivity index (χ4n) is 8.97. The van der Waals surface area contributed by atoms with Crippen LogP contribution in [0.5, 0.6) is 0 Å². The molecule has 468 valence electrons. The predicted octanol–water partition coefficient (Wildman–Crippen LogP) is 23.7. The van der Waals surface area contributed by atoms with Crippen molar-refractivity contribution in [3.05, 3.63) is 158 Å². The molecule has 83 heavy (non-hydrogen) atoms. The molecule has 0 saturated heterocycles. The fourth-order valence-corrected chi connectivity index (χ4v) is 8.97. The monoisotopic (exact) mass is 1140 g/mol. The van der Waals surface area contributed by atoms with Gasteiger partial charge >= 0.3 is 17.9 Å². The number of carbonyl (C=O) groups is 3. The standard InChI is InChI=1S/C77H124O6/c1-4-7-10-13-16-19-22-25-27-29-31-33-35-37-38-40-41-43-45-47-49-52-55-58-61-64-67-70-76(79)82-73-74(72-81-75(78)69-66-63-60-57-54-51-24-21-18-15-12-9-6-3)83-77(80)71-68-65-62-59-56-53-50-48-46-44-42-39-36-34-32-30-28-26-23-20-17-14-11-8-5-2/h8-9,11-12,17-18,20-22,25-26,28-29,31-32,34-35,37,39,42,46,48,51,53-54,56,74H,4-7,10,13-16,19,23-24,27,30,33,36,38,40-41,43-45,47,49-50,52,55,57-73H2,1-3H3/b11-8-,12-9-,20-17-,21-18-,25-22-,28-26-,31-29-,34-32-,37-35-,42-39-,48-46-,54-51-,56-53-. The molecule has 0 radical (unpaired) electrons. The molecule has 0 bridgehead atoms. The van der Waals surface area contributed by atoms with E-state index in [1.165, 1.54) is 103 Å². The van der Waals surface area contributed by atoms with Gasteiger partial charge in [-0.2, -0.15) is 0 Å². The highest BCUT2D eigenvalue weighted by Gasteiger charge is 2.19. The maximum Gasteiger partial charge on any atom is 0.306 e. The van der Waals surface area contributed by atoms with Gasteiger partial charge < -0.3 is 14.2 Å². The number of carbonyl (C=O) groups excluding carboxylic acids is 3. The van der Waals surface area contributed by atoms with Crippen LogP contribution in [-0.4, -0.2) is 37.2 Å². The highest BCUT2D eigenvalue weighted by molar-refractivity contribution is 5.71. The lowest BCUT2D eigenvalue weighted by molar-refractivity contribution is -0.167. The van der Waals surface area contributed by atoms with E-state index in [9.17, 15) is 14.4 Å². The Hall–Kier alpha value is -4.97. The van der Waals surface area contributed by atoms with Gasteiger partial charge in [0.2, 0.25) is 0 Å². The van der Waals surface area contributed by atoms with Crippen LogP contribution in [0, 0.1) is 0 Å². The normalized spacial score (nSPS) is 13.1. The molecule has 0 aliphatic carbocycles. The number of hydrogen-bond donors (Lipinski definition) is 0. The lowest BCUT2D eigenvalue weighted by atomic mass is 10.0. The van der Waals surface area contributed by atoms with Crippen LogP contribution in [0.15, 0.2) is 158 Å². The van der Waals surface area contributed by atoms with Crippen molar-refractivity contribution in [2.75, 3.05) is 13.2 Å². The Morgan fingerprint density at radius 2 is 0.470 bits per heavy atom. The molecule has 0 amide bonds. The Balaban J connectivity index is 4.41. The number of ether oxygens (including phenoxy) is 3. The summed E-state index contributed by atoms with van der Waals surface area (Å²) in [5.41, 5.74) is 0. The lowest BCUT2D eigenvalue weighted by Crippen LogP contribution is -2.30. The van der Waals surface area contributed by atoms with Gasteiger partial charge in [0.15, 0.2) is 6.10 Å². The summed E-state index contributed by atoms with van der Waals surface area (Å²) in [6.45, 7) is 6.35. The van der Waals surface area contributed by atoms with Crippen LogP contribution in [0.1, 0.15) is 290 Å². The zero-order chi connectivity index (χ0) is 59.9. The summed E-state index contributed by atoms with van der Waals surface area (Å²) in [5.74, 6) is -0.974. The van der Waals surface area contributed by atoms with E-state index in [1.54, 1.807) is 0 Å². The molecule has 0 aromatic carbocycles. The van der Waals surface area contributed by atoms with Gasteiger partial charge in [-0.3, -0.25) is 14.4 Å². The van der Waals surface area contributed by atoms with Crippen LogP contribution in [0.3, 0.4) is 0 Å². The molecule has 0 aromatic rings. The first kappa shape index (κ1) is 78.0. The maximum absolute atomic E-state index is 12.9. The molecule has 0 N–H and O–H groups in total. The maximum atomic E-state index is 12.9. The van der Waals surface area contributed by atoms with Crippen molar-refractivity contribution < 1.29 is 28.6 Å². The first-order chi connectivity index (χ1) is 41.0. The van der Waals surface area contributed by atoms with Gasteiger partial charge in [-0.05, 0) is 148 Å². The van der Waals surface area contributed by atoms with E-state index in [1.807, 2.05) is 0 Å². The second-order valence-electron chi connectivity index (χ2n) is 22.0. The van der Waals surface area contributed by atoms with Crippen molar-refractivity contribution in [1.29, 1.82) is 0 Å². The smallest absolute Gasteiger partial charge is 0.306 e. The third-order valence-electron chi connectivity index (χ3n) is 14.0. The highest BCUT2D eigenvalue weighted by Crippen LogP contribution is 2.15. The molecule has 1 unspecified atom stereocenters. The van der Waals surface area contributed by atoms with Crippen molar-refractivity contribution in [3.63, 3.8) is 0 Å². The van der Waals surface area contributed by atoms with Crippen LogP contribution in [0.4, 0.5) is 0 Å². The summed E-state index contributed by atoms with van der Waals surface area (Å²) in [4.78, 5) is 38.4. The Labute approximate surface area is 511 Å². The van der Waals surface area contributed by atoms with Crippen molar-refractivity contribution in [3.8, 4) is 0 Å². The van der Waals surface area contributed by atoms with E-state index < -0.39 is 6.10 Å². The summed E-state index contributed by atoms with van der Waals surface area (Å²) in [7, 11) is 0. The topological polar surface area (TPSA) is 78.9 Å². The molecule has 0 aliphatic rings. The van der Waals surface area contributed by atoms with Crippen LogP contribution >= 0.6 is 0 Å². The van der Waals surface area contributed by atoms with Gasteiger partial charge in [0.1, 0.15) is 13.2 Å². The first-order valence-corrected chi connectivity index (χ1v) is 34.0. The zero-order valence-corrected chi connectivity index (χ0v) is 53.7. The second kappa shape index (κ2) is 69.5. The molecule has 0 heterocycles. The van der Waals surface area contributed by atoms with Crippen LogP contribution in [0.2, 0.25) is 0 Å². The number of allylic oxidation sites excluding steroid dienone is 26. The number of esters is 3. The summed E-state index contributed by atoms with van der Waals surface area (Å²) in [6, 6.07) is 0. The zero-order valence-electron chi connectivity index (χ0n) is 53.7. The van der Waals surface area contributed by atoms with Crippen molar-refractivity contribution in [2.24, 2.45) is 0 Å². The Bertz CT molecular complexity index is 1840. The van der Waals surface area contributed by atoms with Crippen molar-refractivity contribution in [2.45, 2.75) is 297 Å². The molecule has 0 rings (SSSR count). The van der Waals surface area contributed by atoms with Crippen LogP contribution in [0.25, 0.3) is 0 Å².